The van der Waals surface area contributed by atoms with Crippen molar-refractivity contribution >= 4 is 15.9 Å². The zero-order chi connectivity index (χ0) is 15.2. The zero-order valence-electron chi connectivity index (χ0n) is 12.0. The third-order valence-electron chi connectivity index (χ3n) is 3.51. The monoisotopic (exact) mass is 351 g/mol. The van der Waals surface area contributed by atoms with Gasteiger partial charge >= 0.3 is 0 Å². The molecule has 0 heterocycles. The summed E-state index contributed by atoms with van der Waals surface area (Å²) in [7, 11) is 1.47. The summed E-state index contributed by atoms with van der Waals surface area (Å²) >= 11 is 3.43. The van der Waals surface area contributed by atoms with Crippen LogP contribution in [-0.4, -0.2) is 13.7 Å². The molecule has 2 nitrogen and oxygen atoms in total. The molecule has 0 saturated heterocycles. The van der Waals surface area contributed by atoms with Crippen LogP contribution >= 0.6 is 15.9 Å². The SMILES string of the molecule is COc1ccc(CC(CN)Cc2ccc(Br)cc2)cc1F. The first-order valence-corrected chi connectivity index (χ1v) is 7.68. The molecule has 2 aromatic rings. The standard InChI is InChI=1S/C17H19BrFNO/c1-21-17-7-4-13(10-16(17)19)9-14(11-20)8-12-2-5-15(18)6-3-12/h2-7,10,14H,8-9,11,20H2,1H3. The second-order valence-electron chi connectivity index (χ2n) is 5.11. The fourth-order valence-electron chi connectivity index (χ4n) is 2.36. The lowest BCUT2D eigenvalue weighted by atomic mass is 9.92. The van der Waals surface area contributed by atoms with Crippen molar-refractivity contribution in [2.75, 3.05) is 13.7 Å². The van der Waals surface area contributed by atoms with Gasteiger partial charge in [0.2, 0.25) is 0 Å². The van der Waals surface area contributed by atoms with Crippen LogP contribution in [0.5, 0.6) is 5.75 Å². The molecule has 0 aromatic heterocycles. The van der Waals surface area contributed by atoms with E-state index >= 15 is 0 Å². The molecule has 0 spiro atoms. The summed E-state index contributed by atoms with van der Waals surface area (Å²) in [5.74, 6) is 0.240. The van der Waals surface area contributed by atoms with E-state index in [2.05, 4.69) is 28.1 Å². The number of methoxy groups -OCH3 is 1. The largest absolute Gasteiger partial charge is 0.494 e. The van der Waals surface area contributed by atoms with Gasteiger partial charge in [-0.05, 0) is 60.7 Å². The van der Waals surface area contributed by atoms with Gasteiger partial charge in [0, 0.05) is 4.47 Å². The minimum absolute atomic E-state index is 0.274. The van der Waals surface area contributed by atoms with Crippen LogP contribution in [0.4, 0.5) is 4.39 Å². The highest BCUT2D eigenvalue weighted by Crippen LogP contribution is 2.21. The highest BCUT2D eigenvalue weighted by atomic mass is 79.9. The van der Waals surface area contributed by atoms with Gasteiger partial charge in [-0.15, -0.1) is 0 Å². The Morgan fingerprint density at radius 3 is 2.29 bits per heavy atom. The van der Waals surface area contributed by atoms with Gasteiger partial charge in [-0.1, -0.05) is 34.1 Å². The average molecular weight is 352 g/mol. The average Bonchev–Trinajstić information content (AvgIpc) is 2.49. The highest BCUT2D eigenvalue weighted by molar-refractivity contribution is 9.10. The van der Waals surface area contributed by atoms with Gasteiger partial charge in [-0.3, -0.25) is 0 Å². The quantitative estimate of drug-likeness (QED) is 0.854. The molecule has 0 amide bonds. The Morgan fingerprint density at radius 2 is 1.71 bits per heavy atom. The number of benzene rings is 2. The molecule has 0 aliphatic carbocycles. The minimum Gasteiger partial charge on any atom is -0.494 e. The number of hydrogen-bond acceptors (Lipinski definition) is 2. The molecule has 0 aliphatic rings. The number of rotatable bonds is 6. The van der Waals surface area contributed by atoms with Crippen LogP contribution in [0.1, 0.15) is 11.1 Å². The van der Waals surface area contributed by atoms with Crippen LogP contribution in [0.3, 0.4) is 0 Å². The van der Waals surface area contributed by atoms with Crippen molar-refractivity contribution in [3.05, 3.63) is 63.9 Å². The summed E-state index contributed by atoms with van der Waals surface area (Å²) in [5.41, 5.74) is 8.05. The van der Waals surface area contributed by atoms with E-state index in [9.17, 15) is 4.39 Å². The molecule has 0 fully saturated rings. The van der Waals surface area contributed by atoms with Crippen molar-refractivity contribution in [3.63, 3.8) is 0 Å². The fraction of sp³-hybridized carbons (Fsp3) is 0.294. The second-order valence-corrected chi connectivity index (χ2v) is 6.02. The number of hydrogen-bond donors (Lipinski definition) is 1. The molecule has 0 saturated carbocycles. The predicted octanol–water partition coefficient (Wildman–Crippen LogP) is 3.96. The summed E-state index contributed by atoms with van der Waals surface area (Å²) in [6, 6.07) is 13.3. The second kappa shape index (κ2) is 7.57. The Hall–Kier alpha value is -1.39. The van der Waals surface area contributed by atoms with E-state index in [0.717, 1.165) is 22.9 Å². The molecule has 112 valence electrons. The summed E-state index contributed by atoms with van der Waals surface area (Å²) in [5, 5.41) is 0. The number of halogens is 2. The summed E-state index contributed by atoms with van der Waals surface area (Å²) in [6.07, 6.45) is 1.64. The first kappa shape index (κ1) is 16.0. The van der Waals surface area contributed by atoms with Crippen molar-refractivity contribution in [1.82, 2.24) is 0 Å². The Labute approximate surface area is 133 Å². The van der Waals surface area contributed by atoms with Gasteiger partial charge in [-0.25, -0.2) is 4.39 Å². The summed E-state index contributed by atoms with van der Waals surface area (Å²) in [4.78, 5) is 0. The van der Waals surface area contributed by atoms with Crippen molar-refractivity contribution in [1.29, 1.82) is 0 Å². The summed E-state index contributed by atoms with van der Waals surface area (Å²) < 4.78 is 19.7. The maximum absolute atomic E-state index is 13.7. The van der Waals surface area contributed by atoms with E-state index < -0.39 is 0 Å². The van der Waals surface area contributed by atoms with E-state index in [-0.39, 0.29) is 11.6 Å². The molecule has 1 atom stereocenters. The molecular formula is C17H19BrFNO. The number of nitrogens with two attached hydrogens (primary N) is 1. The van der Waals surface area contributed by atoms with E-state index in [4.69, 9.17) is 10.5 Å². The summed E-state index contributed by atoms with van der Waals surface area (Å²) in [6.45, 7) is 0.573. The predicted molar refractivity (Wildman–Crippen MR) is 87.0 cm³/mol. The molecule has 2 N–H and O–H groups in total. The first-order valence-electron chi connectivity index (χ1n) is 6.89. The van der Waals surface area contributed by atoms with Crippen LogP contribution < -0.4 is 10.5 Å². The first-order chi connectivity index (χ1) is 10.1. The lowest BCUT2D eigenvalue weighted by molar-refractivity contribution is 0.385. The lowest BCUT2D eigenvalue weighted by Gasteiger charge is -2.15. The highest BCUT2D eigenvalue weighted by Gasteiger charge is 2.11. The van der Waals surface area contributed by atoms with Gasteiger partial charge < -0.3 is 10.5 Å². The van der Waals surface area contributed by atoms with E-state index in [1.807, 2.05) is 18.2 Å². The van der Waals surface area contributed by atoms with Gasteiger partial charge in [0.1, 0.15) is 0 Å². The zero-order valence-corrected chi connectivity index (χ0v) is 13.6. The van der Waals surface area contributed by atoms with Crippen molar-refractivity contribution in [2.45, 2.75) is 12.8 Å². The van der Waals surface area contributed by atoms with Crippen LogP contribution in [-0.2, 0) is 12.8 Å². The molecule has 2 rings (SSSR count). The van der Waals surface area contributed by atoms with Gasteiger partial charge in [0.25, 0.3) is 0 Å². The van der Waals surface area contributed by atoms with Crippen molar-refractivity contribution in [3.8, 4) is 5.75 Å². The van der Waals surface area contributed by atoms with Crippen LogP contribution in [0.25, 0.3) is 0 Å². The topological polar surface area (TPSA) is 35.2 Å². The third-order valence-corrected chi connectivity index (χ3v) is 4.04. The minimum atomic E-state index is -0.325. The smallest absolute Gasteiger partial charge is 0.165 e. The third kappa shape index (κ3) is 4.55. The van der Waals surface area contributed by atoms with Crippen molar-refractivity contribution < 1.29 is 9.13 Å². The van der Waals surface area contributed by atoms with E-state index in [0.29, 0.717) is 12.5 Å². The van der Waals surface area contributed by atoms with Gasteiger partial charge in [-0.2, -0.15) is 0 Å². The maximum atomic E-state index is 13.7. The molecule has 1 unspecified atom stereocenters. The molecule has 0 aliphatic heterocycles. The van der Waals surface area contributed by atoms with E-state index in [1.165, 1.54) is 18.7 Å². The molecule has 21 heavy (non-hydrogen) atoms. The Bertz CT molecular complexity index is 586. The molecule has 0 radical (unpaired) electrons. The van der Waals surface area contributed by atoms with Gasteiger partial charge in [0.15, 0.2) is 11.6 Å². The van der Waals surface area contributed by atoms with Crippen LogP contribution in [0.15, 0.2) is 46.9 Å². The lowest BCUT2D eigenvalue weighted by Crippen LogP contribution is -2.19. The molecule has 0 bridgehead atoms. The number of ether oxygens (including phenoxy) is 1. The Morgan fingerprint density at radius 1 is 1.10 bits per heavy atom. The normalized spacial score (nSPS) is 12.2. The van der Waals surface area contributed by atoms with E-state index in [1.54, 1.807) is 6.07 Å². The molecule has 2 aromatic carbocycles. The molecule has 4 heteroatoms. The van der Waals surface area contributed by atoms with Crippen LogP contribution in [0, 0.1) is 11.7 Å². The maximum Gasteiger partial charge on any atom is 0.165 e. The Balaban J connectivity index is 2.05. The van der Waals surface area contributed by atoms with Crippen molar-refractivity contribution in [2.24, 2.45) is 11.7 Å². The Kier molecular flexibility index (Phi) is 5.76. The van der Waals surface area contributed by atoms with Gasteiger partial charge in [0.05, 0.1) is 7.11 Å². The molecular weight excluding hydrogens is 333 g/mol. The fourth-order valence-corrected chi connectivity index (χ4v) is 2.63. The van der Waals surface area contributed by atoms with Crippen LogP contribution in [0.2, 0.25) is 0 Å².